The van der Waals surface area contributed by atoms with E-state index >= 15 is 0 Å². The number of alkyl halides is 2. The Kier molecular flexibility index (Phi) is 5.07. The van der Waals surface area contributed by atoms with Crippen LogP contribution < -0.4 is 0 Å². The van der Waals surface area contributed by atoms with Gasteiger partial charge in [-0.05, 0) is 26.7 Å². The number of aliphatic carboxylic acids is 1. The van der Waals surface area contributed by atoms with Crippen LogP contribution in [-0.4, -0.2) is 34.9 Å². The molecule has 0 aromatic carbocycles. The minimum absolute atomic E-state index is 0.872. The molecule has 5 nitrogen and oxygen atoms in total. The van der Waals surface area contributed by atoms with E-state index in [4.69, 9.17) is 9.84 Å². The van der Waals surface area contributed by atoms with Crippen molar-refractivity contribution in [2.75, 3.05) is 0 Å². The molecule has 0 aromatic heterocycles. The van der Waals surface area contributed by atoms with Gasteiger partial charge in [0.25, 0.3) is 0 Å². The van der Waals surface area contributed by atoms with Crippen molar-refractivity contribution >= 4 is 12.1 Å². The molecule has 0 rings (SSSR count). The third kappa shape index (κ3) is 4.85. The zero-order valence-electron chi connectivity index (χ0n) is 11.0. The molecule has 1 atom stereocenters. The summed E-state index contributed by atoms with van der Waals surface area (Å²) in [4.78, 5) is 21.7. The van der Waals surface area contributed by atoms with Gasteiger partial charge in [-0.25, -0.2) is 9.59 Å². The highest BCUT2D eigenvalue weighted by Gasteiger charge is 2.52. The van der Waals surface area contributed by atoms with Gasteiger partial charge in [-0.15, -0.1) is 0 Å². The summed E-state index contributed by atoms with van der Waals surface area (Å²) < 4.78 is 35.8. The highest BCUT2D eigenvalue weighted by Crippen LogP contribution is 2.28. The zero-order chi connectivity index (χ0) is 14.7. The number of carboxylic acid groups (broad SMARTS) is 1. The maximum atomic E-state index is 13.3. The van der Waals surface area contributed by atoms with Gasteiger partial charge in [0.1, 0.15) is 5.60 Å². The van der Waals surface area contributed by atoms with Gasteiger partial charge in [-0.1, -0.05) is 13.8 Å². The molecule has 0 aromatic rings. The van der Waals surface area contributed by atoms with E-state index in [-0.39, 0.29) is 0 Å². The number of hydrogen-bond donors (Lipinski definition) is 1. The van der Waals surface area contributed by atoms with Crippen molar-refractivity contribution in [2.24, 2.45) is 5.92 Å². The molecule has 0 saturated heterocycles. The SMILES string of the molecule is CC(C)C(OC(=O)OC(C)(C)C)C(F)(F)C(=O)O. The summed E-state index contributed by atoms with van der Waals surface area (Å²) >= 11 is 0. The van der Waals surface area contributed by atoms with Crippen molar-refractivity contribution in [1.82, 2.24) is 0 Å². The fraction of sp³-hybridized carbons (Fsp3) is 0.818. The van der Waals surface area contributed by atoms with Gasteiger partial charge in [0.15, 0.2) is 6.10 Å². The number of carbonyl (C=O) groups is 2. The van der Waals surface area contributed by atoms with Crippen molar-refractivity contribution < 1.29 is 33.0 Å². The summed E-state index contributed by atoms with van der Waals surface area (Å²) in [5.41, 5.74) is -0.906. The fourth-order valence-corrected chi connectivity index (χ4v) is 1.13. The normalized spacial score (nSPS) is 14.2. The summed E-state index contributed by atoms with van der Waals surface area (Å²) in [6, 6.07) is 0. The molecule has 0 aliphatic rings. The lowest BCUT2D eigenvalue weighted by Gasteiger charge is -2.28. The summed E-state index contributed by atoms with van der Waals surface area (Å²) in [6.07, 6.45) is -3.40. The van der Waals surface area contributed by atoms with E-state index in [2.05, 4.69) is 4.74 Å². The molecule has 0 saturated carbocycles. The lowest BCUT2D eigenvalue weighted by atomic mass is 10.0. The summed E-state index contributed by atoms with van der Waals surface area (Å²) in [5, 5.41) is 8.42. The van der Waals surface area contributed by atoms with E-state index < -0.39 is 35.7 Å². The number of ether oxygens (including phenoxy) is 2. The minimum atomic E-state index is -4.16. The molecular weight excluding hydrogens is 250 g/mol. The summed E-state index contributed by atoms with van der Waals surface area (Å²) in [6.45, 7) is 7.26. The second-order valence-corrected chi connectivity index (χ2v) is 5.18. The summed E-state index contributed by atoms with van der Waals surface area (Å²) in [5.74, 6) is -7.38. The predicted octanol–water partition coefficient (Wildman–Crippen LogP) is 2.68. The molecule has 106 valence electrons. The lowest BCUT2D eigenvalue weighted by molar-refractivity contribution is -0.190. The van der Waals surface area contributed by atoms with E-state index in [1.54, 1.807) is 0 Å². The Hall–Kier alpha value is -1.40. The molecule has 0 fully saturated rings. The van der Waals surface area contributed by atoms with Gasteiger partial charge in [0.2, 0.25) is 0 Å². The molecule has 18 heavy (non-hydrogen) atoms. The molecular formula is C11H18F2O5. The van der Waals surface area contributed by atoms with Crippen LogP contribution in [0.25, 0.3) is 0 Å². The third-order valence-electron chi connectivity index (χ3n) is 1.86. The Morgan fingerprint density at radius 3 is 1.89 bits per heavy atom. The first-order valence-electron chi connectivity index (χ1n) is 5.38. The molecule has 0 heterocycles. The van der Waals surface area contributed by atoms with Gasteiger partial charge in [0.05, 0.1) is 0 Å². The summed E-state index contributed by atoms with van der Waals surface area (Å²) in [7, 11) is 0. The van der Waals surface area contributed by atoms with Crippen LogP contribution in [0.4, 0.5) is 13.6 Å². The number of rotatable bonds is 4. The molecule has 0 bridgehead atoms. The maximum Gasteiger partial charge on any atom is 0.509 e. The Labute approximate surface area is 104 Å². The van der Waals surface area contributed by atoms with Gasteiger partial charge < -0.3 is 14.6 Å². The molecule has 0 aliphatic carbocycles. The van der Waals surface area contributed by atoms with Crippen LogP contribution in [0, 0.1) is 5.92 Å². The number of carboxylic acids is 1. The van der Waals surface area contributed by atoms with E-state index in [1.165, 1.54) is 34.6 Å². The molecule has 1 N–H and O–H groups in total. The molecule has 0 radical (unpaired) electrons. The number of hydrogen-bond acceptors (Lipinski definition) is 4. The topological polar surface area (TPSA) is 72.8 Å². The predicted molar refractivity (Wildman–Crippen MR) is 58.5 cm³/mol. The third-order valence-corrected chi connectivity index (χ3v) is 1.86. The van der Waals surface area contributed by atoms with Gasteiger partial charge in [-0.3, -0.25) is 0 Å². The first kappa shape index (κ1) is 16.6. The Bertz CT molecular complexity index is 320. The lowest BCUT2D eigenvalue weighted by Crippen LogP contribution is -2.47. The quantitative estimate of drug-likeness (QED) is 0.793. The van der Waals surface area contributed by atoms with Crippen LogP contribution >= 0.6 is 0 Å². The highest BCUT2D eigenvalue weighted by atomic mass is 19.3. The monoisotopic (exact) mass is 268 g/mol. The maximum absolute atomic E-state index is 13.3. The van der Waals surface area contributed by atoms with E-state index in [1.807, 2.05) is 0 Å². The van der Waals surface area contributed by atoms with Crippen LogP contribution in [0.15, 0.2) is 0 Å². The largest absolute Gasteiger partial charge is 0.509 e. The average molecular weight is 268 g/mol. The van der Waals surface area contributed by atoms with Crippen LogP contribution in [0.2, 0.25) is 0 Å². The van der Waals surface area contributed by atoms with Crippen LogP contribution in [0.5, 0.6) is 0 Å². The first-order chi connectivity index (χ1) is 7.88. The molecule has 0 amide bonds. The second kappa shape index (κ2) is 5.49. The number of carbonyl (C=O) groups excluding carboxylic acids is 1. The molecule has 0 aliphatic heterocycles. The van der Waals surface area contributed by atoms with E-state index in [0.717, 1.165) is 0 Å². The Morgan fingerprint density at radius 1 is 1.17 bits per heavy atom. The van der Waals surface area contributed by atoms with Crippen molar-refractivity contribution in [3.63, 3.8) is 0 Å². The second-order valence-electron chi connectivity index (χ2n) is 5.18. The van der Waals surface area contributed by atoms with Gasteiger partial charge >= 0.3 is 18.0 Å². The van der Waals surface area contributed by atoms with E-state index in [9.17, 15) is 18.4 Å². The standard InChI is InChI=1S/C11H18F2O5/c1-6(2)7(11(12,13)8(14)15)17-9(16)18-10(3,4)5/h6-7H,1-5H3,(H,14,15). The zero-order valence-corrected chi connectivity index (χ0v) is 11.0. The smallest absolute Gasteiger partial charge is 0.477 e. The fourth-order valence-electron chi connectivity index (χ4n) is 1.13. The van der Waals surface area contributed by atoms with Crippen LogP contribution in [0.3, 0.4) is 0 Å². The molecule has 1 unspecified atom stereocenters. The van der Waals surface area contributed by atoms with Crippen molar-refractivity contribution in [3.8, 4) is 0 Å². The van der Waals surface area contributed by atoms with Crippen molar-refractivity contribution in [1.29, 1.82) is 0 Å². The van der Waals surface area contributed by atoms with E-state index in [0.29, 0.717) is 0 Å². The van der Waals surface area contributed by atoms with Crippen molar-refractivity contribution in [3.05, 3.63) is 0 Å². The van der Waals surface area contributed by atoms with Crippen molar-refractivity contribution in [2.45, 2.75) is 52.2 Å². The van der Waals surface area contributed by atoms with Crippen LogP contribution in [-0.2, 0) is 14.3 Å². The highest BCUT2D eigenvalue weighted by molar-refractivity contribution is 5.76. The average Bonchev–Trinajstić information content (AvgIpc) is 2.10. The Morgan fingerprint density at radius 2 is 1.61 bits per heavy atom. The molecule has 0 spiro atoms. The Balaban J connectivity index is 4.86. The van der Waals surface area contributed by atoms with Gasteiger partial charge in [0, 0.05) is 0 Å². The van der Waals surface area contributed by atoms with Crippen LogP contribution in [0.1, 0.15) is 34.6 Å². The first-order valence-corrected chi connectivity index (χ1v) is 5.38. The molecule has 7 heteroatoms. The minimum Gasteiger partial charge on any atom is -0.477 e. The number of halogens is 2. The van der Waals surface area contributed by atoms with Gasteiger partial charge in [-0.2, -0.15) is 8.78 Å².